The zero-order chi connectivity index (χ0) is 13.9. The van der Waals surface area contributed by atoms with Crippen LogP contribution in [-0.4, -0.2) is 27.0 Å². The summed E-state index contributed by atoms with van der Waals surface area (Å²) >= 11 is 0. The average molecular weight is 271 g/mol. The molecule has 3 rings (SSSR count). The number of hydrogen-bond donors (Lipinski definition) is 1. The molecule has 102 valence electrons. The number of nitrogens with zero attached hydrogens (tertiary/aromatic N) is 4. The molecule has 7 heteroatoms. The van der Waals surface area contributed by atoms with Crippen molar-refractivity contribution in [2.75, 3.05) is 12.8 Å². The maximum Gasteiger partial charge on any atom is 0.248 e. The van der Waals surface area contributed by atoms with Gasteiger partial charge in [-0.3, -0.25) is 4.68 Å². The van der Waals surface area contributed by atoms with Crippen molar-refractivity contribution < 1.29 is 9.26 Å². The SMILES string of the molecule is COc1ccccc1-c1noc(Cn2cc(N)cn2)n1. The van der Waals surface area contributed by atoms with Crippen LogP contribution in [0.15, 0.2) is 41.2 Å². The normalized spacial score (nSPS) is 10.7. The summed E-state index contributed by atoms with van der Waals surface area (Å²) in [5, 5.41) is 8.03. The molecule has 0 atom stereocenters. The summed E-state index contributed by atoms with van der Waals surface area (Å²) < 4.78 is 12.1. The molecule has 0 spiro atoms. The number of methoxy groups -OCH3 is 1. The Kier molecular flexibility index (Phi) is 3.08. The summed E-state index contributed by atoms with van der Waals surface area (Å²) in [7, 11) is 1.60. The number of nitrogens with two attached hydrogens (primary N) is 1. The lowest BCUT2D eigenvalue weighted by Gasteiger charge is -2.03. The number of rotatable bonds is 4. The van der Waals surface area contributed by atoms with Gasteiger partial charge in [0.25, 0.3) is 0 Å². The lowest BCUT2D eigenvalue weighted by Crippen LogP contribution is -2.00. The van der Waals surface area contributed by atoms with Gasteiger partial charge in [-0.2, -0.15) is 10.1 Å². The smallest absolute Gasteiger partial charge is 0.248 e. The molecule has 0 saturated carbocycles. The first kappa shape index (κ1) is 12.2. The van der Waals surface area contributed by atoms with E-state index in [1.54, 1.807) is 24.2 Å². The Balaban J connectivity index is 1.86. The number of ether oxygens (including phenoxy) is 1. The van der Waals surface area contributed by atoms with Crippen LogP contribution < -0.4 is 10.5 Å². The van der Waals surface area contributed by atoms with Crippen molar-refractivity contribution in [2.45, 2.75) is 6.54 Å². The number of aromatic nitrogens is 4. The van der Waals surface area contributed by atoms with Gasteiger partial charge in [0.1, 0.15) is 12.3 Å². The third-order valence-corrected chi connectivity index (χ3v) is 2.77. The van der Waals surface area contributed by atoms with E-state index in [4.69, 9.17) is 15.0 Å². The topological polar surface area (TPSA) is 92.0 Å². The molecule has 0 saturated heterocycles. The monoisotopic (exact) mass is 271 g/mol. The number of anilines is 1. The molecule has 0 aliphatic carbocycles. The van der Waals surface area contributed by atoms with Gasteiger partial charge >= 0.3 is 0 Å². The number of benzene rings is 1. The molecule has 0 amide bonds. The van der Waals surface area contributed by atoms with E-state index in [-0.39, 0.29) is 0 Å². The Hall–Kier alpha value is -2.83. The molecular weight excluding hydrogens is 258 g/mol. The van der Waals surface area contributed by atoms with Crippen molar-refractivity contribution in [3.05, 3.63) is 42.5 Å². The molecule has 1 aromatic carbocycles. The van der Waals surface area contributed by atoms with E-state index >= 15 is 0 Å². The molecular formula is C13H13N5O2. The summed E-state index contributed by atoms with van der Waals surface area (Å²) in [6.07, 6.45) is 3.27. The first-order valence-corrected chi connectivity index (χ1v) is 6.00. The maximum atomic E-state index is 5.60. The zero-order valence-corrected chi connectivity index (χ0v) is 10.9. The van der Waals surface area contributed by atoms with Crippen LogP contribution in [0.2, 0.25) is 0 Å². The molecule has 2 heterocycles. The average Bonchev–Trinajstić information content (AvgIpc) is 3.08. The predicted molar refractivity (Wildman–Crippen MR) is 72.0 cm³/mol. The van der Waals surface area contributed by atoms with Crippen LogP contribution in [0, 0.1) is 0 Å². The first-order valence-electron chi connectivity index (χ1n) is 6.00. The Morgan fingerprint density at radius 1 is 1.35 bits per heavy atom. The summed E-state index contributed by atoms with van der Waals surface area (Å²) in [6, 6.07) is 7.50. The quantitative estimate of drug-likeness (QED) is 0.774. The Labute approximate surface area is 115 Å². The van der Waals surface area contributed by atoms with Crippen LogP contribution in [-0.2, 0) is 6.54 Å². The fourth-order valence-electron chi connectivity index (χ4n) is 1.86. The van der Waals surface area contributed by atoms with Crippen molar-refractivity contribution in [3.8, 4) is 17.1 Å². The van der Waals surface area contributed by atoms with E-state index in [1.165, 1.54) is 0 Å². The molecule has 0 bridgehead atoms. The molecule has 7 nitrogen and oxygen atoms in total. The Morgan fingerprint density at radius 2 is 2.20 bits per heavy atom. The van der Waals surface area contributed by atoms with Crippen LogP contribution in [0.25, 0.3) is 11.4 Å². The summed E-state index contributed by atoms with van der Waals surface area (Å²) in [5.74, 6) is 1.63. The van der Waals surface area contributed by atoms with Crippen LogP contribution >= 0.6 is 0 Å². The van der Waals surface area contributed by atoms with Gasteiger partial charge in [0.05, 0.1) is 24.6 Å². The number of nitrogen functional groups attached to an aromatic ring is 1. The molecule has 0 unspecified atom stereocenters. The molecule has 0 aliphatic heterocycles. The van der Waals surface area contributed by atoms with Gasteiger partial charge in [-0.1, -0.05) is 17.3 Å². The van der Waals surface area contributed by atoms with Gasteiger partial charge in [-0.05, 0) is 12.1 Å². The van der Waals surface area contributed by atoms with Crippen molar-refractivity contribution in [2.24, 2.45) is 0 Å². The highest BCUT2D eigenvalue weighted by Crippen LogP contribution is 2.27. The van der Waals surface area contributed by atoms with Crippen molar-refractivity contribution in [1.82, 2.24) is 19.9 Å². The molecule has 0 fully saturated rings. The van der Waals surface area contributed by atoms with E-state index in [2.05, 4.69) is 15.2 Å². The fourth-order valence-corrected chi connectivity index (χ4v) is 1.86. The van der Waals surface area contributed by atoms with Gasteiger partial charge in [-0.25, -0.2) is 0 Å². The van der Waals surface area contributed by atoms with Crippen LogP contribution in [0.5, 0.6) is 5.75 Å². The van der Waals surface area contributed by atoms with E-state index < -0.39 is 0 Å². The maximum absolute atomic E-state index is 5.60. The number of para-hydroxylation sites is 1. The van der Waals surface area contributed by atoms with Gasteiger partial charge in [0, 0.05) is 6.20 Å². The third-order valence-electron chi connectivity index (χ3n) is 2.77. The van der Waals surface area contributed by atoms with Crippen molar-refractivity contribution in [3.63, 3.8) is 0 Å². The van der Waals surface area contributed by atoms with Gasteiger partial charge in [0.2, 0.25) is 11.7 Å². The van der Waals surface area contributed by atoms with E-state index in [9.17, 15) is 0 Å². The van der Waals surface area contributed by atoms with Gasteiger partial charge in [-0.15, -0.1) is 0 Å². The molecule has 20 heavy (non-hydrogen) atoms. The Morgan fingerprint density at radius 3 is 2.95 bits per heavy atom. The second-order valence-electron chi connectivity index (χ2n) is 4.18. The summed E-state index contributed by atoms with van der Waals surface area (Å²) in [4.78, 5) is 4.33. The molecule has 2 N–H and O–H groups in total. The van der Waals surface area contributed by atoms with Crippen LogP contribution in [0.3, 0.4) is 0 Å². The van der Waals surface area contributed by atoms with E-state index in [0.717, 1.165) is 5.56 Å². The second-order valence-corrected chi connectivity index (χ2v) is 4.18. The highest BCUT2D eigenvalue weighted by atomic mass is 16.5. The Bertz CT molecular complexity index is 719. The van der Waals surface area contributed by atoms with Gasteiger partial charge in [0.15, 0.2) is 0 Å². The molecule has 0 radical (unpaired) electrons. The third kappa shape index (κ3) is 2.33. The largest absolute Gasteiger partial charge is 0.496 e. The highest BCUT2D eigenvalue weighted by molar-refractivity contribution is 5.63. The lowest BCUT2D eigenvalue weighted by atomic mass is 10.2. The summed E-state index contributed by atoms with van der Waals surface area (Å²) in [6.45, 7) is 0.374. The van der Waals surface area contributed by atoms with Crippen molar-refractivity contribution in [1.29, 1.82) is 0 Å². The second kappa shape index (κ2) is 5.04. The molecule has 0 aliphatic rings. The highest BCUT2D eigenvalue weighted by Gasteiger charge is 2.13. The van der Waals surface area contributed by atoms with Crippen LogP contribution in [0.4, 0.5) is 5.69 Å². The van der Waals surface area contributed by atoms with Gasteiger partial charge < -0.3 is 15.0 Å². The predicted octanol–water partition coefficient (Wildman–Crippen LogP) is 1.57. The minimum atomic E-state index is 0.374. The fraction of sp³-hybridized carbons (Fsp3) is 0.154. The van der Waals surface area contributed by atoms with Crippen LogP contribution in [0.1, 0.15) is 5.89 Å². The minimum Gasteiger partial charge on any atom is -0.496 e. The lowest BCUT2D eigenvalue weighted by molar-refractivity contribution is 0.365. The molecule has 2 aromatic heterocycles. The minimum absolute atomic E-state index is 0.374. The standard InChI is InChI=1S/C13H13N5O2/c1-19-11-5-3-2-4-10(11)13-16-12(20-17-13)8-18-7-9(14)6-15-18/h2-7H,8,14H2,1H3. The molecule has 3 aromatic rings. The van der Waals surface area contributed by atoms with E-state index in [1.807, 2.05) is 24.3 Å². The van der Waals surface area contributed by atoms with Crippen molar-refractivity contribution >= 4 is 5.69 Å². The zero-order valence-electron chi connectivity index (χ0n) is 10.9. The van der Waals surface area contributed by atoms with E-state index in [0.29, 0.717) is 29.7 Å². The number of hydrogen-bond acceptors (Lipinski definition) is 6. The summed E-state index contributed by atoms with van der Waals surface area (Å²) in [5.41, 5.74) is 6.97. The first-order chi connectivity index (χ1) is 9.76.